The Labute approximate surface area is 163 Å². The molecule has 3 rings (SSSR count). The first kappa shape index (κ1) is 19.4. The molecule has 4 nitrogen and oxygen atoms in total. The molecule has 28 heavy (non-hydrogen) atoms. The molecule has 0 bridgehead atoms. The minimum atomic E-state index is -0.303. The van der Waals surface area contributed by atoms with Crippen molar-refractivity contribution in [3.8, 4) is 11.5 Å². The van der Waals surface area contributed by atoms with E-state index >= 15 is 0 Å². The van der Waals surface area contributed by atoms with Crippen LogP contribution in [0.2, 0.25) is 0 Å². The van der Waals surface area contributed by atoms with Crippen molar-refractivity contribution in [1.29, 1.82) is 0 Å². The molecule has 3 aromatic carbocycles. The van der Waals surface area contributed by atoms with Gasteiger partial charge in [0.2, 0.25) is 0 Å². The zero-order valence-electron chi connectivity index (χ0n) is 15.8. The van der Waals surface area contributed by atoms with Gasteiger partial charge in [0.1, 0.15) is 5.82 Å². The summed E-state index contributed by atoms with van der Waals surface area (Å²) in [6.45, 7) is 0. The number of Topliss-reactive ketones (excluding diaryl/α,β-unsaturated/α-hetero) is 1. The maximum atomic E-state index is 13.2. The van der Waals surface area contributed by atoms with Crippen LogP contribution in [0.15, 0.2) is 72.8 Å². The Balaban J connectivity index is 1.84. The van der Waals surface area contributed by atoms with Crippen molar-refractivity contribution in [2.45, 2.75) is 12.5 Å². The molecule has 5 heteroatoms. The number of benzene rings is 3. The molecular weight excluding hydrogens is 357 g/mol. The van der Waals surface area contributed by atoms with Crippen LogP contribution in [0.1, 0.15) is 28.4 Å². The number of rotatable bonds is 8. The van der Waals surface area contributed by atoms with Gasteiger partial charge in [0, 0.05) is 17.7 Å². The van der Waals surface area contributed by atoms with Crippen molar-refractivity contribution < 1.29 is 18.7 Å². The van der Waals surface area contributed by atoms with E-state index in [4.69, 9.17) is 9.47 Å². The number of nitrogens with one attached hydrogen (secondary N) is 1. The molecular formula is C23H22FNO3. The van der Waals surface area contributed by atoms with Crippen LogP contribution in [-0.2, 0) is 0 Å². The third kappa shape index (κ3) is 4.68. The molecule has 0 radical (unpaired) electrons. The van der Waals surface area contributed by atoms with Crippen LogP contribution >= 0.6 is 0 Å². The van der Waals surface area contributed by atoms with E-state index in [0.29, 0.717) is 17.1 Å². The Morgan fingerprint density at radius 3 is 2.25 bits per heavy atom. The first-order valence-electron chi connectivity index (χ1n) is 8.93. The van der Waals surface area contributed by atoms with E-state index in [-0.39, 0.29) is 24.1 Å². The summed E-state index contributed by atoms with van der Waals surface area (Å²) in [4.78, 5) is 12.9. The molecule has 0 aliphatic carbocycles. The van der Waals surface area contributed by atoms with E-state index in [2.05, 4.69) is 5.32 Å². The Morgan fingerprint density at radius 2 is 1.61 bits per heavy atom. The average molecular weight is 379 g/mol. The lowest BCUT2D eigenvalue weighted by molar-refractivity contribution is 0.0976. The second kappa shape index (κ2) is 9.04. The average Bonchev–Trinajstić information content (AvgIpc) is 2.74. The van der Waals surface area contributed by atoms with Crippen LogP contribution in [0.25, 0.3) is 0 Å². The summed E-state index contributed by atoms with van der Waals surface area (Å²) in [5, 5.41) is 3.33. The minimum absolute atomic E-state index is 0.0376. The fourth-order valence-corrected chi connectivity index (χ4v) is 3.00. The number of carbonyl (C=O) groups excluding carboxylic acids is 1. The van der Waals surface area contributed by atoms with Gasteiger partial charge >= 0.3 is 0 Å². The molecule has 0 aliphatic heterocycles. The van der Waals surface area contributed by atoms with Gasteiger partial charge < -0.3 is 14.8 Å². The molecule has 1 N–H and O–H groups in total. The third-order valence-electron chi connectivity index (χ3n) is 4.48. The van der Waals surface area contributed by atoms with Crippen molar-refractivity contribution in [2.75, 3.05) is 19.5 Å². The summed E-state index contributed by atoms with van der Waals surface area (Å²) < 4.78 is 23.7. The number of hydrogen-bond donors (Lipinski definition) is 1. The Morgan fingerprint density at radius 1 is 0.929 bits per heavy atom. The number of ether oxygens (including phenoxy) is 2. The second-order valence-corrected chi connectivity index (χ2v) is 6.31. The highest BCUT2D eigenvalue weighted by atomic mass is 19.1. The van der Waals surface area contributed by atoms with Gasteiger partial charge in [-0.05, 0) is 48.0 Å². The molecule has 0 aliphatic rings. The van der Waals surface area contributed by atoms with E-state index in [1.807, 2.05) is 30.3 Å². The van der Waals surface area contributed by atoms with E-state index in [1.54, 1.807) is 37.4 Å². The first-order valence-corrected chi connectivity index (χ1v) is 8.93. The second-order valence-electron chi connectivity index (χ2n) is 6.31. The fraction of sp³-hybridized carbons (Fsp3) is 0.174. The molecule has 1 unspecified atom stereocenters. The molecule has 0 saturated heterocycles. The normalized spacial score (nSPS) is 11.5. The molecule has 3 aromatic rings. The highest BCUT2D eigenvalue weighted by Gasteiger charge is 2.18. The summed E-state index contributed by atoms with van der Waals surface area (Å²) in [5.41, 5.74) is 2.26. The van der Waals surface area contributed by atoms with Crippen LogP contribution in [0.3, 0.4) is 0 Å². The van der Waals surface area contributed by atoms with Crippen molar-refractivity contribution in [3.05, 3.63) is 89.7 Å². The van der Waals surface area contributed by atoms with Gasteiger partial charge in [-0.2, -0.15) is 0 Å². The zero-order chi connectivity index (χ0) is 19.9. The molecule has 1 atom stereocenters. The van der Waals surface area contributed by atoms with Gasteiger partial charge in [-0.25, -0.2) is 4.39 Å². The van der Waals surface area contributed by atoms with Crippen LogP contribution in [0, 0.1) is 5.82 Å². The molecule has 0 spiro atoms. The minimum Gasteiger partial charge on any atom is -0.493 e. The zero-order valence-corrected chi connectivity index (χ0v) is 15.8. The molecule has 0 heterocycles. The van der Waals surface area contributed by atoms with E-state index < -0.39 is 0 Å². The molecule has 0 aromatic heterocycles. The van der Waals surface area contributed by atoms with Gasteiger partial charge in [-0.3, -0.25) is 4.79 Å². The van der Waals surface area contributed by atoms with Gasteiger partial charge in [0.15, 0.2) is 17.3 Å². The summed E-state index contributed by atoms with van der Waals surface area (Å²) in [6, 6.07) is 20.7. The number of carbonyl (C=O) groups is 1. The van der Waals surface area contributed by atoms with Crippen LogP contribution < -0.4 is 14.8 Å². The van der Waals surface area contributed by atoms with E-state index in [0.717, 1.165) is 11.3 Å². The largest absolute Gasteiger partial charge is 0.493 e. The quantitative estimate of drug-likeness (QED) is 0.542. The first-order chi connectivity index (χ1) is 13.6. The van der Waals surface area contributed by atoms with Crippen molar-refractivity contribution in [2.24, 2.45) is 0 Å². The lowest BCUT2D eigenvalue weighted by Crippen LogP contribution is -2.16. The number of ketones is 1. The van der Waals surface area contributed by atoms with E-state index in [1.165, 1.54) is 19.2 Å². The fourth-order valence-electron chi connectivity index (χ4n) is 3.00. The summed E-state index contributed by atoms with van der Waals surface area (Å²) >= 11 is 0. The predicted molar refractivity (Wildman–Crippen MR) is 108 cm³/mol. The predicted octanol–water partition coefficient (Wildman–Crippen LogP) is 5.27. The van der Waals surface area contributed by atoms with Crippen LogP contribution in [0.5, 0.6) is 11.5 Å². The molecule has 0 saturated carbocycles. The van der Waals surface area contributed by atoms with Crippen LogP contribution in [-0.4, -0.2) is 20.0 Å². The SMILES string of the molecule is COc1ccc(C(=O)CC(Nc2ccc(F)cc2)c2ccccc2)cc1OC. The van der Waals surface area contributed by atoms with Gasteiger partial charge in [-0.1, -0.05) is 30.3 Å². The molecule has 0 fully saturated rings. The Bertz CT molecular complexity index is 926. The molecule has 0 amide bonds. The van der Waals surface area contributed by atoms with Crippen LogP contribution in [0.4, 0.5) is 10.1 Å². The van der Waals surface area contributed by atoms with Crippen molar-refractivity contribution in [1.82, 2.24) is 0 Å². The monoisotopic (exact) mass is 379 g/mol. The topological polar surface area (TPSA) is 47.6 Å². The third-order valence-corrected chi connectivity index (χ3v) is 4.48. The Hall–Kier alpha value is -3.34. The Kier molecular flexibility index (Phi) is 6.27. The summed E-state index contributed by atoms with van der Waals surface area (Å²) in [6.07, 6.45) is 0.233. The standard InChI is InChI=1S/C23H22FNO3/c1-27-22-13-8-17(14-23(22)28-2)21(26)15-20(16-6-4-3-5-7-16)25-19-11-9-18(24)10-12-19/h3-14,20,25H,15H2,1-2H3. The number of hydrogen-bond acceptors (Lipinski definition) is 4. The van der Waals surface area contributed by atoms with Gasteiger partial charge in [0.25, 0.3) is 0 Å². The number of anilines is 1. The van der Waals surface area contributed by atoms with Gasteiger partial charge in [-0.15, -0.1) is 0 Å². The highest BCUT2D eigenvalue weighted by molar-refractivity contribution is 5.97. The highest BCUT2D eigenvalue weighted by Crippen LogP contribution is 2.30. The maximum absolute atomic E-state index is 13.2. The van der Waals surface area contributed by atoms with Gasteiger partial charge in [0.05, 0.1) is 20.3 Å². The van der Waals surface area contributed by atoms with Crippen molar-refractivity contribution >= 4 is 11.5 Å². The van der Waals surface area contributed by atoms with E-state index in [9.17, 15) is 9.18 Å². The smallest absolute Gasteiger partial charge is 0.165 e. The lowest BCUT2D eigenvalue weighted by Gasteiger charge is -2.20. The maximum Gasteiger partial charge on any atom is 0.165 e. The summed E-state index contributed by atoms with van der Waals surface area (Å²) in [5.74, 6) is 0.742. The molecule has 144 valence electrons. The van der Waals surface area contributed by atoms with Crippen molar-refractivity contribution in [3.63, 3.8) is 0 Å². The number of methoxy groups -OCH3 is 2. The summed E-state index contributed by atoms with van der Waals surface area (Å²) in [7, 11) is 3.09. The number of halogens is 1. The lowest BCUT2D eigenvalue weighted by atomic mass is 9.97.